The van der Waals surface area contributed by atoms with Crippen LogP contribution < -0.4 is 0 Å². The van der Waals surface area contributed by atoms with Crippen LogP contribution in [0.15, 0.2) is 0 Å². The van der Waals surface area contributed by atoms with Crippen LogP contribution in [0.25, 0.3) is 0 Å². The van der Waals surface area contributed by atoms with Crippen LogP contribution in [0.2, 0.25) is 0 Å². The molecule has 1 heterocycles. The van der Waals surface area contributed by atoms with E-state index in [1.165, 1.54) is 18.6 Å². The average molecular weight is 119 g/mol. The molecule has 35 valence electrons. The SMILES string of the molecule is [S]C1CCCS1. The topological polar surface area (TPSA) is 0 Å². The molecule has 1 aliphatic rings. The summed E-state index contributed by atoms with van der Waals surface area (Å²) < 4.78 is 0.546. The maximum absolute atomic E-state index is 4.97. The fourth-order valence-corrected chi connectivity index (χ4v) is 1.93. The molecule has 1 saturated heterocycles. The third-order valence-electron chi connectivity index (χ3n) is 0.888. The van der Waals surface area contributed by atoms with E-state index in [4.69, 9.17) is 12.6 Å². The van der Waals surface area contributed by atoms with E-state index < -0.39 is 0 Å². The highest BCUT2D eigenvalue weighted by Gasteiger charge is 2.09. The van der Waals surface area contributed by atoms with Crippen molar-refractivity contribution in [1.29, 1.82) is 0 Å². The molecule has 0 bridgehead atoms. The average Bonchev–Trinajstić information content (AvgIpc) is 1.86. The molecule has 1 fully saturated rings. The van der Waals surface area contributed by atoms with Crippen molar-refractivity contribution in [1.82, 2.24) is 0 Å². The van der Waals surface area contributed by atoms with Crippen LogP contribution >= 0.6 is 24.4 Å². The molecule has 1 aliphatic heterocycles. The molecule has 0 saturated carbocycles. The van der Waals surface area contributed by atoms with Gasteiger partial charge in [0.05, 0.1) is 4.58 Å². The molecule has 0 nitrogen and oxygen atoms in total. The molecule has 1 unspecified atom stereocenters. The van der Waals surface area contributed by atoms with Crippen molar-refractivity contribution in [2.75, 3.05) is 5.75 Å². The summed E-state index contributed by atoms with van der Waals surface area (Å²) in [6, 6.07) is 0. The van der Waals surface area contributed by atoms with Crippen LogP contribution in [-0.2, 0) is 0 Å². The van der Waals surface area contributed by atoms with Crippen LogP contribution in [-0.4, -0.2) is 10.3 Å². The first kappa shape index (κ1) is 4.85. The second kappa shape index (κ2) is 2.12. The first-order chi connectivity index (χ1) is 2.89. The van der Waals surface area contributed by atoms with E-state index >= 15 is 0 Å². The van der Waals surface area contributed by atoms with Crippen LogP contribution in [0, 0.1) is 0 Å². The highest BCUT2D eigenvalue weighted by atomic mass is 32.2. The Kier molecular flexibility index (Phi) is 1.72. The molecule has 0 amide bonds. The molecule has 6 heavy (non-hydrogen) atoms. The van der Waals surface area contributed by atoms with Gasteiger partial charge in [-0.1, -0.05) is 12.6 Å². The Hall–Kier alpha value is 0.700. The molecule has 1 atom stereocenters. The Labute approximate surface area is 48.1 Å². The Morgan fingerprint density at radius 1 is 1.67 bits per heavy atom. The molecule has 0 N–H and O–H groups in total. The minimum Gasteiger partial charge on any atom is -0.147 e. The molecular formula is C4H7S2. The van der Waals surface area contributed by atoms with Gasteiger partial charge in [-0.15, -0.1) is 11.8 Å². The summed E-state index contributed by atoms with van der Waals surface area (Å²) in [5.74, 6) is 1.30. The lowest BCUT2D eigenvalue weighted by Crippen LogP contribution is -1.76. The van der Waals surface area contributed by atoms with Crippen molar-refractivity contribution in [2.45, 2.75) is 17.4 Å². The smallest absolute Gasteiger partial charge is 0.0606 e. The Balaban J connectivity index is 2.18. The monoisotopic (exact) mass is 119 g/mol. The number of thioether (sulfide) groups is 1. The van der Waals surface area contributed by atoms with E-state index in [2.05, 4.69) is 0 Å². The lowest BCUT2D eigenvalue weighted by atomic mass is 10.4. The predicted molar refractivity (Wildman–Crippen MR) is 33.1 cm³/mol. The lowest BCUT2D eigenvalue weighted by Gasteiger charge is -1.88. The van der Waals surface area contributed by atoms with E-state index in [0.717, 1.165) is 0 Å². The Morgan fingerprint density at radius 3 is 2.67 bits per heavy atom. The minimum atomic E-state index is 0.546. The molecule has 0 aromatic heterocycles. The van der Waals surface area contributed by atoms with E-state index in [0.29, 0.717) is 4.58 Å². The van der Waals surface area contributed by atoms with Crippen molar-refractivity contribution in [3.05, 3.63) is 0 Å². The fourth-order valence-electron chi connectivity index (χ4n) is 0.548. The zero-order chi connectivity index (χ0) is 4.41. The highest BCUT2D eigenvalue weighted by Crippen LogP contribution is 2.28. The zero-order valence-corrected chi connectivity index (χ0v) is 5.15. The van der Waals surface area contributed by atoms with Gasteiger partial charge in [0.2, 0.25) is 0 Å². The number of hydrogen-bond donors (Lipinski definition) is 0. The van der Waals surface area contributed by atoms with Gasteiger partial charge < -0.3 is 0 Å². The fraction of sp³-hybridized carbons (Fsp3) is 1.00. The van der Waals surface area contributed by atoms with Crippen molar-refractivity contribution in [2.24, 2.45) is 0 Å². The molecule has 0 aromatic carbocycles. The van der Waals surface area contributed by atoms with Gasteiger partial charge in [0.1, 0.15) is 0 Å². The number of hydrogen-bond acceptors (Lipinski definition) is 1. The van der Waals surface area contributed by atoms with Gasteiger partial charge in [-0.2, -0.15) is 0 Å². The van der Waals surface area contributed by atoms with Gasteiger partial charge in [-0.05, 0) is 18.6 Å². The molecule has 1 radical (unpaired) electrons. The summed E-state index contributed by atoms with van der Waals surface area (Å²) in [6.07, 6.45) is 2.61. The third-order valence-corrected chi connectivity index (χ3v) is 2.66. The summed E-state index contributed by atoms with van der Waals surface area (Å²) in [5.41, 5.74) is 0. The number of rotatable bonds is 0. The maximum Gasteiger partial charge on any atom is 0.0606 e. The predicted octanol–water partition coefficient (Wildman–Crippen LogP) is 2.04. The molecule has 1 rings (SSSR count). The summed E-state index contributed by atoms with van der Waals surface area (Å²) in [4.78, 5) is 0. The van der Waals surface area contributed by atoms with Gasteiger partial charge in [-0.25, -0.2) is 0 Å². The quantitative estimate of drug-likeness (QED) is 0.470. The van der Waals surface area contributed by atoms with Gasteiger partial charge in [-0.3, -0.25) is 0 Å². The standard InChI is InChI=1S/C4H7S2/c5-4-2-1-3-6-4/h4H,1-3H2. The second-order valence-electron chi connectivity index (χ2n) is 1.44. The first-order valence-electron chi connectivity index (χ1n) is 2.17. The molecule has 0 spiro atoms. The minimum absolute atomic E-state index is 0.546. The van der Waals surface area contributed by atoms with Crippen molar-refractivity contribution >= 4 is 24.4 Å². The molecular weight excluding hydrogens is 112 g/mol. The van der Waals surface area contributed by atoms with E-state index in [-0.39, 0.29) is 0 Å². The van der Waals surface area contributed by atoms with Crippen LogP contribution in [0.1, 0.15) is 12.8 Å². The first-order valence-corrected chi connectivity index (χ1v) is 3.69. The van der Waals surface area contributed by atoms with Gasteiger partial charge in [0.25, 0.3) is 0 Å². The largest absolute Gasteiger partial charge is 0.147 e. The van der Waals surface area contributed by atoms with Crippen LogP contribution in [0.3, 0.4) is 0 Å². The molecule has 0 aliphatic carbocycles. The van der Waals surface area contributed by atoms with Crippen molar-refractivity contribution in [3.63, 3.8) is 0 Å². The summed E-state index contributed by atoms with van der Waals surface area (Å²) in [6.45, 7) is 0. The molecule has 0 aromatic rings. The summed E-state index contributed by atoms with van der Waals surface area (Å²) in [5, 5.41) is 0. The lowest BCUT2D eigenvalue weighted by molar-refractivity contribution is 0.927. The van der Waals surface area contributed by atoms with E-state index in [1.807, 2.05) is 11.8 Å². The van der Waals surface area contributed by atoms with E-state index in [1.54, 1.807) is 0 Å². The van der Waals surface area contributed by atoms with Gasteiger partial charge >= 0.3 is 0 Å². The normalized spacial score (nSPS) is 34.5. The Bertz CT molecular complexity index is 38.8. The third kappa shape index (κ3) is 1.09. The van der Waals surface area contributed by atoms with E-state index in [9.17, 15) is 0 Å². The van der Waals surface area contributed by atoms with Crippen LogP contribution in [0.5, 0.6) is 0 Å². The highest BCUT2D eigenvalue weighted by molar-refractivity contribution is 8.10. The van der Waals surface area contributed by atoms with Crippen LogP contribution in [0.4, 0.5) is 0 Å². The second-order valence-corrected chi connectivity index (χ2v) is 3.62. The van der Waals surface area contributed by atoms with Crippen molar-refractivity contribution in [3.8, 4) is 0 Å². The summed E-state index contributed by atoms with van der Waals surface area (Å²) >= 11 is 6.88. The van der Waals surface area contributed by atoms with Gasteiger partial charge in [0.15, 0.2) is 0 Å². The Morgan fingerprint density at radius 2 is 2.50 bits per heavy atom. The maximum atomic E-state index is 4.97. The zero-order valence-electron chi connectivity index (χ0n) is 3.52. The summed E-state index contributed by atoms with van der Waals surface area (Å²) in [7, 11) is 0. The molecule has 2 heteroatoms. The van der Waals surface area contributed by atoms with Crippen molar-refractivity contribution < 1.29 is 0 Å². The van der Waals surface area contributed by atoms with Gasteiger partial charge in [0, 0.05) is 0 Å².